The maximum absolute atomic E-state index is 14.2. The van der Waals surface area contributed by atoms with Crippen LogP contribution in [0, 0.1) is 34.3 Å². The molecule has 1 amide bonds. The molecule has 0 spiro atoms. The van der Waals surface area contributed by atoms with Crippen molar-refractivity contribution in [3.63, 3.8) is 0 Å². The van der Waals surface area contributed by atoms with Crippen molar-refractivity contribution < 1.29 is 18.3 Å². The number of halogens is 2. The molecule has 2 aliphatic rings. The number of amides is 1. The lowest BCUT2D eigenvalue weighted by Gasteiger charge is -2.38. The summed E-state index contributed by atoms with van der Waals surface area (Å²) >= 11 is 0. The normalized spacial score (nSPS) is 18.2. The molecule has 0 saturated carbocycles. The minimum atomic E-state index is -0.837. The molecule has 4 aromatic rings. The van der Waals surface area contributed by atoms with E-state index in [-0.39, 0.29) is 46.7 Å². The van der Waals surface area contributed by atoms with Gasteiger partial charge in [0.2, 0.25) is 0 Å². The summed E-state index contributed by atoms with van der Waals surface area (Å²) in [4.78, 5) is 36.2. The highest BCUT2D eigenvalue weighted by Crippen LogP contribution is 2.37. The number of rotatable bonds is 7. The van der Waals surface area contributed by atoms with Crippen molar-refractivity contribution >= 4 is 22.8 Å². The molecule has 0 unspecified atom stereocenters. The van der Waals surface area contributed by atoms with Crippen LogP contribution in [0.1, 0.15) is 45.6 Å². The van der Waals surface area contributed by atoms with Gasteiger partial charge < -0.3 is 20.3 Å². The Labute approximate surface area is 277 Å². The molecule has 0 radical (unpaired) electrons. The monoisotopic (exact) mass is 655 g/mol. The summed E-state index contributed by atoms with van der Waals surface area (Å²) in [5.41, 5.74) is 7.15. The Morgan fingerprint density at radius 2 is 1.75 bits per heavy atom. The number of carbonyl (C=O) groups excluding carboxylic acids is 1. The number of pyridine rings is 1. The van der Waals surface area contributed by atoms with Crippen molar-refractivity contribution in [2.45, 2.75) is 45.6 Å². The quantitative estimate of drug-likeness (QED) is 0.197. The number of likely N-dealkylation sites (tertiary alicyclic amines) is 2. The summed E-state index contributed by atoms with van der Waals surface area (Å²) in [6.07, 6.45) is 6.66. The van der Waals surface area contributed by atoms with E-state index in [0.29, 0.717) is 42.0 Å². The number of fused-ring (bicyclic) bond motifs is 1. The molecule has 2 saturated heterocycles. The average molecular weight is 656 g/mol. The van der Waals surface area contributed by atoms with Crippen molar-refractivity contribution in [1.29, 1.82) is 5.26 Å². The number of aromatic nitrogens is 3. The number of benzene rings is 2. The lowest BCUT2D eigenvalue weighted by atomic mass is 9.72. The Bertz CT molecular complexity index is 1950. The SMILES string of the molecule is CN1CCC(C(C)(C)/C=C(/C#N)C(=O)N2CCC[C@@H](n3c(=O)n(-c4ccc(Oc5c(F)cccc5F)cc4)c4c(N)nccc43)C2)CC1. The lowest BCUT2D eigenvalue weighted by Crippen LogP contribution is -2.43. The summed E-state index contributed by atoms with van der Waals surface area (Å²) in [5, 5.41) is 10.1. The van der Waals surface area contributed by atoms with E-state index in [1.54, 1.807) is 27.7 Å². The molecular weight excluding hydrogens is 616 g/mol. The predicted octanol–water partition coefficient (Wildman–Crippen LogP) is 5.82. The summed E-state index contributed by atoms with van der Waals surface area (Å²) in [5.74, 6) is -1.85. The minimum absolute atomic E-state index is 0.125. The zero-order valence-electron chi connectivity index (χ0n) is 27.3. The first-order valence-corrected chi connectivity index (χ1v) is 16.2. The van der Waals surface area contributed by atoms with Gasteiger partial charge in [-0.1, -0.05) is 26.0 Å². The van der Waals surface area contributed by atoms with Crippen LogP contribution in [0.15, 0.2) is 71.2 Å². The second-order valence-corrected chi connectivity index (χ2v) is 13.3. The molecule has 48 heavy (non-hydrogen) atoms. The van der Waals surface area contributed by atoms with Gasteiger partial charge in [-0.15, -0.1) is 0 Å². The maximum atomic E-state index is 14.2. The van der Waals surface area contributed by atoms with E-state index in [0.717, 1.165) is 38.1 Å². The first-order valence-electron chi connectivity index (χ1n) is 16.2. The fraction of sp³-hybridized carbons (Fsp3) is 0.389. The number of nitrogen functional groups attached to an aromatic ring is 1. The first kappa shape index (κ1) is 32.9. The molecule has 6 rings (SSSR count). The number of nitriles is 1. The number of para-hydroxylation sites is 1. The molecule has 2 N–H and O–H groups in total. The molecule has 2 aromatic carbocycles. The third kappa shape index (κ3) is 6.30. The number of allylic oxidation sites excluding steroid dienone is 1. The van der Waals surface area contributed by atoms with Crippen LogP contribution < -0.4 is 16.2 Å². The summed E-state index contributed by atoms with van der Waals surface area (Å²) in [6.45, 7) is 6.88. The molecular formula is C36H39F2N7O3. The smallest absolute Gasteiger partial charge is 0.334 e. The topological polar surface area (TPSA) is 122 Å². The number of nitrogens with zero attached hydrogens (tertiary/aromatic N) is 6. The number of carbonyl (C=O) groups is 1. The first-order chi connectivity index (χ1) is 23.0. The number of nitrogens with two attached hydrogens (primary N) is 1. The van der Waals surface area contributed by atoms with Crippen LogP contribution in [-0.2, 0) is 4.79 Å². The van der Waals surface area contributed by atoms with E-state index in [9.17, 15) is 23.6 Å². The maximum Gasteiger partial charge on any atom is 0.334 e. The molecule has 2 aromatic heterocycles. The van der Waals surface area contributed by atoms with E-state index in [4.69, 9.17) is 10.5 Å². The van der Waals surface area contributed by atoms with E-state index in [2.05, 4.69) is 36.8 Å². The van der Waals surface area contributed by atoms with Gasteiger partial charge in [0.1, 0.15) is 28.7 Å². The van der Waals surface area contributed by atoms with E-state index in [1.165, 1.54) is 29.0 Å². The van der Waals surface area contributed by atoms with Crippen LogP contribution in [-0.4, -0.2) is 63.1 Å². The van der Waals surface area contributed by atoms with Gasteiger partial charge in [-0.05, 0) is 99.6 Å². The Balaban J connectivity index is 1.29. The molecule has 0 aliphatic carbocycles. The minimum Gasteiger partial charge on any atom is -0.451 e. The Kier molecular flexibility index (Phi) is 9.07. The van der Waals surface area contributed by atoms with Gasteiger partial charge in [-0.3, -0.25) is 13.9 Å². The van der Waals surface area contributed by atoms with Crippen molar-refractivity contribution in [2.75, 3.05) is 39.0 Å². The second kappa shape index (κ2) is 13.2. The van der Waals surface area contributed by atoms with Gasteiger partial charge in [0.15, 0.2) is 17.4 Å². The Morgan fingerprint density at radius 1 is 1.06 bits per heavy atom. The fourth-order valence-electron chi connectivity index (χ4n) is 7.05. The predicted molar refractivity (Wildman–Crippen MR) is 179 cm³/mol. The van der Waals surface area contributed by atoms with Crippen LogP contribution in [0.5, 0.6) is 11.5 Å². The fourth-order valence-corrected chi connectivity index (χ4v) is 7.05. The highest BCUT2D eigenvalue weighted by Gasteiger charge is 2.34. The summed E-state index contributed by atoms with van der Waals surface area (Å²) in [7, 11) is 2.11. The number of ether oxygens (including phenoxy) is 1. The lowest BCUT2D eigenvalue weighted by molar-refractivity contribution is -0.128. The van der Waals surface area contributed by atoms with Crippen molar-refractivity contribution in [1.82, 2.24) is 23.9 Å². The second-order valence-electron chi connectivity index (χ2n) is 13.3. The highest BCUT2D eigenvalue weighted by atomic mass is 19.1. The molecule has 2 fully saturated rings. The average Bonchev–Trinajstić information content (AvgIpc) is 3.38. The molecule has 12 heteroatoms. The molecule has 250 valence electrons. The highest BCUT2D eigenvalue weighted by molar-refractivity contribution is 5.97. The van der Waals surface area contributed by atoms with Crippen LogP contribution in [0.4, 0.5) is 14.6 Å². The standard InChI is InChI=1S/C36H39F2N7O3/c1-36(2,24-14-18-42(3)19-15-24)20-23(21-39)34(46)43-17-5-6-26(22-43)44-30-13-16-41-33(40)31(30)45(35(44)47)25-9-11-27(12-10-25)48-32-28(37)7-4-8-29(32)38/h4,7-13,16,20,24,26H,5-6,14-15,17-19,22H2,1-3H3,(H2,40,41)/b23-20-/t26-/m1/s1. The summed E-state index contributed by atoms with van der Waals surface area (Å²) < 4.78 is 36.9. The van der Waals surface area contributed by atoms with Crippen LogP contribution in [0.3, 0.4) is 0 Å². The molecule has 1 atom stereocenters. The van der Waals surface area contributed by atoms with Crippen molar-refractivity contribution in [3.8, 4) is 23.3 Å². The number of hydrogen-bond donors (Lipinski definition) is 1. The third-order valence-corrected chi connectivity index (χ3v) is 9.73. The number of anilines is 1. The zero-order valence-corrected chi connectivity index (χ0v) is 27.3. The van der Waals surface area contributed by atoms with Crippen LogP contribution >= 0.6 is 0 Å². The van der Waals surface area contributed by atoms with Crippen LogP contribution in [0.25, 0.3) is 16.7 Å². The van der Waals surface area contributed by atoms with Gasteiger partial charge in [0.05, 0.1) is 17.2 Å². The molecule has 10 nitrogen and oxygen atoms in total. The molecule has 0 bridgehead atoms. The zero-order chi connectivity index (χ0) is 34.2. The summed E-state index contributed by atoms with van der Waals surface area (Å²) in [6, 6.07) is 13.2. The van der Waals surface area contributed by atoms with Gasteiger partial charge in [0.25, 0.3) is 5.91 Å². The molecule has 2 aliphatic heterocycles. The van der Waals surface area contributed by atoms with Gasteiger partial charge >= 0.3 is 5.69 Å². The Hall–Kier alpha value is -5.02. The van der Waals surface area contributed by atoms with E-state index >= 15 is 0 Å². The molecule has 4 heterocycles. The number of hydrogen-bond acceptors (Lipinski definition) is 7. The van der Waals surface area contributed by atoms with Gasteiger partial charge in [0, 0.05) is 19.3 Å². The van der Waals surface area contributed by atoms with Gasteiger partial charge in [-0.2, -0.15) is 5.26 Å². The van der Waals surface area contributed by atoms with Crippen molar-refractivity contribution in [2.24, 2.45) is 11.3 Å². The van der Waals surface area contributed by atoms with Crippen LogP contribution in [0.2, 0.25) is 0 Å². The Morgan fingerprint density at radius 3 is 2.42 bits per heavy atom. The number of imidazole rings is 1. The van der Waals surface area contributed by atoms with E-state index in [1.807, 2.05) is 6.08 Å². The number of piperidine rings is 2. The third-order valence-electron chi connectivity index (χ3n) is 9.73. The van der Waals surface area contributed by atoms with E-state index < -0.39 is 17.4 Å². The van der Waals surface area contributed by atoms with Crippen molar-refractivity contribution in [3.05, 3.63) is 88.5 Å². The van der Waals surface area contributed by atoms with Gasteiger partial charge in [-0.25, -0.2) is 18.6 Å². The largest absolute Gasteiger partial charge is 0.451 e.